The number of ether oxygens (including phenoxy) is 1. The van der Waals surface area contributed by atoms with Crippen molar-refractivity contribution in [2.45, 2.75) is 33.3 Å². The highest BCUT2D eigenvalue weighted by atomic mass is 16.5. The van der Waals surface area contributed by atoms with Crippen molar-refractivity contribution < 1.29 is 24.2 Å². The van der Waals surface area contributed by atoms with Crippen molar-refractivity contribution in [2.24, 2.45) is 0 Å². The summed E-state index contributed by atoms with van der Waals surface area (Å²) in [5, 5.41) is 13.0. The van der Waals surface area contributed by atoms with Crippen LogP contribution in [-0.2, 0) is 14.3 Å². The first kappa shape index (κ1) is 22.5. The van der Waals surface area contributed by atoms with Crippen molar-refractivity contribution in [2.75, 3.05) is 31.6 Å². The van der Waals surface area contributed by atoms with Crippen LogP contribution in [0, 0.1) is 0 Å². The maximum atomic E-state index is 12.3. The molecule has 0 radical (unpaired) electrons. The van der Waals surface area contributed by atoms with E-state index in [2.05, 4.69) is 24.1 Å². The third kappa shape index (κ3) is 5.40. The van der Waals surface area contributed by atoms with Crippen molar-refractivity contribution in [3.05, 3.63) is 53.3 Å². The van der Waals surface area contributed by atoms with Crippen LogP contribution in [0.5, 0.6) is 0 Å². The zero-order valence-electron chi connectivity index (χ0n) is 17.3. The average molecular weight is 400 g/mol. The Kier molecular flexibility index (Phi) is 7.47. The molecule has 7 heteroatoms. The molecular weight excluding hydrogens is 372 g/mol. The van der Waals surface area contributed by atoms with Gasteiger partial charge in [0.15, 0.2) is 11.4 Å². The van der Waals surface area contributed by atoms with Gasteiger partial charge in [0.2, 0.25) is 5.78 Å². The molecule has 1 aliphatic carbocycles. The van der Waals surface area contributed by atoms with E-state index in [-0.39, 0.29) is 5.57 Å². The molecule has 7 nitrogen and oxygen atoms in total. The summed E-state index contributed by atoms with van der Waals surface area (Å²) in [5.74, 6) is -1.66. The van der Waals surface area contributed by atoms with Gasteiger partial charge in [-0.25, -0.2) is 4.79 Å². The van der Waals surface area contributed by atoms with Gasteiger partial charge in [-0.1, -0.05) is 13.8 Å². The summed E-state index contributed by atoms with van der Waals surface area (Å²) in [6.07, 6.45) is 2.71. The molecule has 2 rings (SSSR count). The number of Topliss-reactive ketones (excluding diaryl/α,β-unsaturated/α-hetero) is 1. The summed E-state index contributed by atoms with van der Waals surface area (Å²) in [5.41, 5.74) is -0.261. The number of aliphatic hydroxyl groups is 1. The molecule has 2 N–H and O–H groups in total. The van der Waals surface area contributed by atoms with Crippen LogP contribution in [0.3, 0.4) is 0 Å². The van der Waals surface area contributed by atoms with Crippen LogP contribution in [0.1, 0.15) is 38.1 Å². The SMILES string of the molecule is CCN(CC)CCOC(=O)c1ccc(N/C=C2\C(=O)[C@](C)(O)C(=O)C=C2C)cc1. The van der Waals surface area contributed by atoms with E-state index in [4.69, 9.17) is 4.74 Å². The minimum absolute atomic E-state index is 0.231. The zero-order valence-corrected chi connectivity index (χ0v) is 17.3. The highest BCUT2D eigenvalue weighted by molar-refractivity contribution is 6.25. The Labute approximate surface area is 171 Å². The highest BCUT2D eigenvalue weighted by Crippen LogP contribution is 2.26. The Hall–Kier alpha value is -2.77. The Bertz CT molecular complexity index is 833. The van der Waals surface area contributed by atoms with E-state index < -0.39 is 23.1 Å². The summed E-state index contributed by atoms with van der Waals surface area (Å²) in [7, 11) is 0. The lowest BCUT2D eigenvalue weighted by Crippen LogP contribution is -2.46. The molecule has 29 heavy (non-hydrogen) atoms. The van der Waals surface area contributed by atoms with Crippen LogP contribution in [0.25, 0.3) is 0 Å². The van der Waals surface area contributed by atoms with E-state index in [1.54, 1.807) is 31.2 Å². The van der Waals surface area contributed by atoms with E-state index in [9.17, 15) is 19.5 Å². The minimum Gasteiger partial charge on any atom is -0.461 e. The second kappa shape index (κ2) is 9.62. The van der Waals surface area contributed by atoms with Crippen molar-refractivity contribution in [1.82, 2.24) is 4.90 Å². The number of likely N-dealkylation sites (N-methyl/N-ethyl adjacent to an activating group) is 1. The molecule has 0 saturated carbocycles. The molecule has 0 heterocycles. The standard InChI is InChI=1S/C22H28N2O5/c1-5-24(6-2)11-12-29-21(27)16-7-9-17(10-8-16)23-14-18-15(3)13-19(25)22(4,28)20(18)26/h7-10,13-14,23,28H,5-6,11-12H2,1-4H3/b18-14-/t22-/m1/s1. The van der Waals surface area contributed by atoms with Gasteiger partial charge in [0.1, 0.15) is 6.61 Å². The molecule has 0 bridgehead atoms. The topological polar surface area (TPSA) is 95.9 Å². The molecule has 0 unspecified atom stereocenters. The number of nitrogens with one attached hydrogen (secondary N) is 1. The van der Waals surface area contributed by atoms with Crippen molar-refractivity contribution in [3.8, 4) is 0 Å². The van der Waals surface area contributed by atoms with Crippen LogP contribution in [0.2, 0.25) is 0 Å². The lowest BCUT2D eigenvalue weighted by atomic mass is 9.82. The van der Waals surface area contributed by atoms with Crippen molar-refractivity contribution in [1.29, 1.82) is 0 Å². The Morgan fingerprint density at radius 3 is 2.41 bits per heavy atom. The summed E-state index contributed by atoms with van der Waals surface area (Å²) >= 11 is 0. The van der Waals surface area contributed by atoms with Gasteiger partial charge in [0, 0.05) is 24.0 Å². The quantitative estimate of drug-likeness (QED) is 0.393. The summed E-state index contributed by atoms with van der Waals surface area (Å²) in [6.45, 7) is 9.78. The molecule has 0 aromatic heterocycles. The van der Waals surface area contributed by atoms with Crippen molar-refractivity contribution in [3.63, 3.8) is 0 Å². The van der Waals surface area contributed by atoms with E-state index in [1.165, 1.54) is 19.2 Å². The van der Waals surface area contributed by atoms with Gasteiger partial charge in [0.05, 0.1) is 5.56 Å². The highest BCUT2D eigenvalue weighted by Gasteiger charge is 2.42. The van der Waals surface area contributed by atoms with Crippen LogP contribution in [0.15, 0.2) is 47.7 Å². The molecule has 0 saturated heterocycles. The smallest absolute Gasteiger partial charge is 0.338 e. The van der Waals surface area contributed by atoms with Gasteiger partial charge in [-0.2, -0.15) is 0 Å². The molecule has 1 aromatic rings. The lowest BCUT2D eigenvalue weighted by molar-refractivity contribution is -0.144. The predicted molar refractivity (Wildman–Crippen MR) is 111 cm³/mol. The zero-order chi connectivity index (χ0) is 21.6. The fourth-order valence-corrected chi connectivity index (χ4v) is 2.90. The number of anilines is 1. The minimum atomic E-state index is -2.05. The van der Waals surface area contributed by atoms with Gasteiger partial charge in [0.25, 0.3) is 0 Å². The van der Waals surface area contributed by atoms with Gasteiger partial charge in [-0.05, 0) is 62.9 Å². The first-order valence-electron chi connectivity index (χ1n) is 9.67. The first-order chi connectivity index (χ1) is 13.7. The molecule has 1 aliphatic rings. The predicted octanol–water partition coefficient (Wildman–Crippen LogP) is 2.33. The molecule has 0 amide bonds. The third-order valence-corrected chi connectivity index (χ3v) is 4.98. The van der Waals surface area contributed by atoms with Gasteiger partial charge in [-0.3, -0.25) is 9.59 Å². The van der Waals surface area contributed by atoms with Gasteiger partial charge in [-0.15, -0.1) is 0 Å². The molecular formula is C22H28N2O5. The number of esters is 1. The number of ketones is 2. The Morgan fingerprint density at radius 2 is 1.83 bits per heavy atom. The van der Waals surface area contributed by atoms with E-state index in [0.717, 1.165) is 13.1 Å². The Balaban J connectivity index is 1.99. The number of carbonyl (C=O) groups is 3. The molecule has 1 aromatic carbocycles. The normalized spacial score (nSPS) is 20.8. The number of allylic oxidation sites excluding steroid dienone is 1. The summed E-state index contributed by atoms with van der Waals surface area (Å²) < 4.78 is 5.29. The Morgan fingerprint density at radius 1 is 1.21 bits per heavy atom. The van der Waals surface area contributed by atoms with Gasteiger partial charge < -0.3 is 20.1 Å². The molecule has 0 fully saturated rings. The average Bonchev–Trinajstić information content (AvgIpc) is 2.70. The summed E-state index contributed by atoms with van der Waals surface area (Å²) in [4.78, 5) is 38.4. The molecule has 1 atom stereocenters. The van der Waals surface area contributed by atoms with E-state index >= 15 is 0 Å². The maximum Gasteiger partial charge on any atom is 0.338 e. The number of rotatable bonds is 8. The second-order valence-corrected chi connectivity index (χ2v) is 7.04. The van der Waals surface area contributed by atoms with Gasteiger partial charge >= 0.3 is 5.97 Å². The van der Waals surface area contributed by atoms with E-state index in [0.29, 0.717) is 30.0 Å². The number of hydrogen-bond donors (Lipinski definition) is 2. The number of benzene rings is 1. The monoisotopic (exact) mass is 400 g/mol. The van der Waals surface area contributed by atoms with Crippen LogP contribution < -0.4 is 5.32 Å². The fourth-order valence-electron chi connectivity index (χ4n) is 2.90. The van der Waals surface area contributed by atoms with Crippen LogP contribution in [-0.4, -0.2) is 59.4 Å². The molecule has 0 aliphatic heterocycles. The molecule has 156 valence electrons. The number of nitrogens with zero attached hydrogens (tertiary/aromatic N) is 1. The molecule has 0 spiro atoms. The third-order valence-electron chi connectivity index (χ3n) is 4.98. The second-order valence-electron chi connectivity index (χ2n) is 7.04. The first-order valence-corrected chi connectivity index (χ1v) is 9.67. The summed E-state index contributed by atoms with van der Waals surface area (Å²) in [6, 6.07) is 6.64. The lowest BCUT2D eigenvalue weighted by Gasteiger charge is -2.25. The van der Waals surface area contributed by atoms with Crippen LogP contribution >= 0.6 is 0 Å². The largest absolute Gasteiger partial charge is 0.461 e. The van der Waals surface area contributed by atoms with E-state index in [1.807, 2.05) is 0 Å². The number of hydrogen-bond acceptors (Lipinski definition) is 7. The van der Waals surface area contributed by atoms with Crippen molar-refractivity contribution >= 4 is 23.2 Å². The van der Waals surface area contributed by atoms with Crippen LogP contribution in [0.4, 0.5) is 5.69 Å². The maximum absolute atomic E-state index is 12.3. The fraction of sp³-hybridized carbons (Fsp3) is 0.409. The number of carbonyl (C=O) groups excluding carboxylic acids is 3.